The van der Waals surface area contributed by atoms with Crippen molar-refractivity contribution in [3.05, 3.63) is 34.3 Å². The molecule has 0 saturated carbocycles. The van der Waals surface area contributed by atoms with Gasteiger partial charge in [-0.15, -0.1) is 11.8 Å². The number of rotatable bonds is 4. The minimum Gasteiger partial charge on any atom is -0.327 e. The maximum absolute atomic E-state index is 6.03. The summed E-state index contributed by atoms with van der Waals surface area (Å²) in [5.41, 5.74) is 7.30. The highest BCUT2D eigenvalue weighted by atomic mass is 79.9. The van der Waals surface area contributed by atoms with Gasteiger partial charge in [-0.05, 0) is 31.4 Å². The van der Waals surface area contributed by atoms with Gasteiger partial charge >= 0.3 is 0 Å². The molecule has 0 aromatic heterocycles. The van der Waals surface area contributed by atoms with E-state index in [-0.39, 0.29) is 6.04 Å². The first kappa shape index (κ1) is 12.3. The van der Waals surface area contributed by atoms with E-state index in [1.54, 1.807) is 0 Å². The summed E-state index contributed by atoms with van der Waals surface area (Å²) in [6, 6.07) is 8.41. The molecule has 0 bridgehead atoms. The first-order valence-electron chi connectivity index (χ1n) is 5.12. The van der Waals surface area contributed by atoms with Gasteiger partial charge in [0.2, 0.25) is 0 Å². The molecule has 0 aliphatic rings. The van der Waals surface area contributed by atoms with Crippen molar-refractivity contribution in [1.82, 2.24) is 0 Å². The van der Waals surface area contributed by atoms with Gasteiger partial charge in [0, 0.05) is 16.9 Å². The SMILES string of the molecule is CC#CCCC(N)Cc1ccccc1Br. The van der Waals surface area contributed by atoms with Crippen molar-refractivity contribution in [3.63, 3.8) is 0 Å². The van der Waals surface area contributed by atoms with Gasteiger partial charge in [-0.2, -0.15) is 0 Å². The zero-order valence-electron chi connectivity index (χ0n) is 8.96. The van der Waals surface area contributed by atoms with E-state index < -0.39 is 0 Å². The Labute approximate surface area is 100 Å². The third kappa shape index (κ3) is 4.51. The average Bonchev–Trinajstić information content (AvgIpc) is 2.22. The number of hydrogen-bond donors (Lipinski definition) is 1. The second-order valence-electron chi connectivity index (χ2n) is 3.52. The maximum atomic E-state index is 6.03. The lowest BCUT2D eigenvalue weighted by Crippen LogP contribution is -2.22. The van der Waals surface area contributed by atoms with Crippen LogP contribution < -0.4 is 5.73 Å². The number of nitrogens with two attached hydrogens (primary N) is 1. The first-order chi connectivity index (χ1) is 7.24. The van der Waals surface area contributed by atoms with Crippen molar-refractivity contribution in [3.8, 4) is 11.8 Å². The van der Waals surface area contributed by atoms with Crippen LogP contribution in [0.1, 0.15) is 25.3 Å². The fraction of sp³-hybridized carbons (Fsp3) is 0.385. The van der Waals surface area contributed by atoms with Crippen LogP contribution >= 0.6 is 15.9 Å². The monoisotopic (exact) mass is 265 g/mol. The van der Waals surface area contributed by atoms with E-state index in [1.807, 2.05) is 25.1 Å². The molecule has 2 heteroatoms. The van der Waals surface area contributed by atoms with Crippen LogP contribution in [0.4, 0.5) is 0 Å². The normalized spacial score (nSPS) is 11.7. The Balaban J connectivity index is 2.46. The van der Waals surface area contributed by atoms with E-state index in [0.29, 0.717) is 0 Å². The van der Waals surface area contributed by atoms with Gasteiger partial charge in [-0.1, -0.05) is 34.1 Å². The first-order valence-corrected chi connectivity index (χ1v) is 5.92. The molecule has 0 amide bonds. The molecular formula is C13H16BrN. The van der Waals surface area contributed by atoms with Crippen molar-refractivity contribution in [2.45, 2.75) is 32.2 Å². The molecule has 0 radical (unpaired) electrons. The predicted octanol–water partition coefficient (Wildman–Crippen LogP) is 3.12. The fourth-order valence-corrected chi connectivity index (χ4v) is 1.88. The molecular weight excluding hydrogens is 250 g/mol. The van der Waals surface area contributed by atoms with E-state index in [2.05, 4.69) is 33.8 Å². The average molecular weight is 266 g/mol. The second-order valence-corrected chi connectivity index (χ2v) is 4.38. The lowest BCUT2D eigenvalue weighted by Gasteiger charge is -2.10. The third-order valence-electron chi connectivity index (χ3n) is 2.26. The van der Waals surface area contributed by atoms with Crippen molar-refractivity contribution in [2.24, 2.45) is 5.73 Å². The van der Waals surface area contributed by atoms with E-state index in [9.17, 15) is 0 Å². The van der Waals surface area contributed by atoms with Gasteiger partial charge in [-0.25, -0.2) is 0 Å². The summed E-state index contributed by atoms with van der Waals surface area (Å²) < 4.78 is 1.14. The largest absolute Gasteiger partial charge is 0.327 e. The molecule has 1 aromatic carbocycles. The van der Waals surface area contributed by atoms with Crippen LogP contribution in [0, 0.1) is 11.8 Å². The molecule has 0 spiro atoms. The fourth-order valence-electron chi connectivity index (χ4n) is 1.43. The summed E-state index contributed by atoms with van der Waals surface area (Å²) >= 11 is 3.52. The highest BCUT2D eigenvalue weighted by molar-refractivity contribution is 9.10. The lowest BCUT2D eigenvalue weighted by atomic mass is 10.0. The third-order valence-corrected chi connectivity index (χ3v) is 3.03. The smallest absolute Gasteiger partial charge is 0.0207 e. The summed E-state index contributed by atoms with van der Waals surface area (Å²) in [5.74, 6) is 5.92. The summed E-state index contributed by atoms with van der Waals surface area (Å²) in [4.78, 5) is 0. The maximum Gasteiger partial charge on any atom is 0.0207 e. The highest BCUT2D eigenvalue weighted by Crippen LogP contribution is 2.17. The van der Waals surface area contributed by atoms with Crippen LogP contribution in [0.15, 0.2) is 28.7 Å². The molecule has 0 aliphatic heterocycles. The molecule has 0 saturated heterocycles. The van der Waals surface area contributed by atoms with Crippen molar-refractivity contribution >= 4 is 15.9 Å². The summed E-state index contributed by atoms with van der Waals surface area (Å²) in [7, 11) is 0. The van der Waals surface area contributed by atoms with Gasteiger partial charge in [0.25, 0.3) is 0 Å². The standard InChI is InChI=1S/C13H16BrN/c1-2-3-4-8-12(15)10-11-7-5-6-9-13(11)14/h5-7,9,12H,4,8,10,15H2,1H3. The molecule has 0 heterocycles. The molecule has 0 aliphatic carbocycles. The summed E-state index contributed by atoms with van der Waals surface area (Å²) in [6.07, 6.45) is 2.76. The Morgan fingerprint density at radius 3 is 2.80 bits per heavy atom. The Morgan fingerprint density at radius 2 is 2.13 bits per heavy atom. The molecule has 2 N–H and O–H groups in total. The van der Waals surface area contributed by atoms with Gasteiger partial charge in [0.15, 0.2) is 0 Å². The van der Waals surface area contributed by atoms with Crippen molar-refractivity contribution in [1.29, 1.82) is 0 Å². The van der Waals surface area contributed by atoms with Crippen LogP contribution in [0.2, 0.25) is 0 Å². The van der Waals surface area contributed by atoms with E-state index in [4.69, 9.17) is 5.73 Å². The van der Waals surface area contributed by atoms with E-state index in [1.165, 1.54) is 5.56 Å². The molecule has 1 aromatic rings. The van der Waals surface area contributed by atoms with Gasteiger partial charge in [0.05, 0.1) is 0 Å². The van der Waals surface area contributed by atoms with Crippen LogP contribution in [0.25, 0.3) is 0 Å². The predicted molar refractivity (Wildman–Crippen MR) is 68.5 cm³/mol. The summed E-state index contributed by atoms with van der Waals surface area (Å²) in [6.45, 7) is 1.86. The van der Waals surface area contributed by atoms with Crippen LogP contribution in [-0.4, -0.2) is 6.04 Å². The van der Waals surface area contributed by atoms with Crippen LogP contribution in [-0.2, 0) is 6.42 Å². The topological polar surface area (TPSA) is 26.0 Å². The molecule has 1 nitrogen and oxygen atoms in total. The Hall–Kier alpha value is -0.780. The zero-order valence-corrected chi connectivity index (χ0v) is 10.5. The van der Waals surface area contributed by atoms with Gasteiger partial charge < -0.3 is 5.73 Å². The van der Waals surface area contributed by atoms with Gasteiger partial charge in [-0.3, -0.25) is 0 Å². The van der Waals surface area contributed by atoms with E-state index >= 15 is 0 Å². The van der Waals surface area contributed by atoms with Crippen LogP contribution in [0.3, 0.4) is 0 Å². The molecule has 1 unspecified atom stereocenters. The Bertz CT molecular complexity index is 362. The second kappa shape index (κ2) is 6.66. The molecule has 1 rings (SSSR count). The quantitative estimate of drug-likeness (QED) is 0.832. The van der Waals surface area contributed by atoms with Crippen LogP contribution in [0.5, 0.6) is 0 Å². The zero-order chi connectivity index (χ0) is 11.1. The highest BCUT2D eigenvalue weighted by Gasteiger charge is 2.05. The molecule has 15 heavy (non-hydrogen) atoms. The Kier molecular flexibility index (Phi) is 5.45. The van der Waals surface area contributed by atoms with E-state index in [0.717, 1.165) is 23.7 Å². The van der Waals surface area contributed by atoms with Crippen molar-refractivity contribution < 1.29 is 0 Å². The molecule has 0 fully saturated rings. The lowest BCUT2D eigenvalue weighted by molar-refractivity contribution is 0.621. The number of benzene rings is 1. The molecule has 80 valence electrons. The molecule has 1 atom stereocenters. The number of hydrogen-bond acceptors (Lipinski definition) is 1. The Morgan fingerprint density at radius 1 is 1.40 bits per heavy atom. The number of halogens is 1. The summed E-state index contributed by atoms with van der Waals surface area (Å²) in [5, 5.41) is 0. The van der Waals surface area contributed by atoms with Gasteiger partial charge in [0.1, 0.15) is 0 Å². The minimum absolute atomic E-state index is 0.199. The minimum atomic E-state index is 0.199. The van der Waals surface area contributed by atoms with Crippen molar-refractivity contribution in [2.75, 3.05) is 0 Å².